The molecule has 268 valence electrons. The van der Waals surface area contributed by atoms with Crippen LogP contribution in [0.1, 0.15) is 63.0 Å². The van der Waals surface area contributed by atoms with Crippen molar-refractivity contribution in [3.63, 3.8) is 0 Å². The van der Waals surface area contributed by atoms with Crippen molar-refractivity contribution in [2.24, 2.45) is 5.92 Å². The van der Waals surface area contributed by atoms with Crippen LogP contribution in [0.3, 0.4) is 0 Å². The molecule has 4 heterocycles. The van der Waals surface area contributed by atoms with Crippen LogP contribution in [-0.2, 0) is 22.5 Å². The summed E-state index contributed by atoms with van der Waals surface area (Å²) < 4.78 is 32.2. The molecule has 2 bridgehead atoms. The number of methoxy groups -OCH3 is 2. The maximum absolute atomic E-state index is 14.5. The first-order valence-electron chi connectivity index (χ1n) is 16.6. The maximum atomic E-state index is 14.5. The first-order valence-corrected chi connectivity index (χ1v) is 17.4. The lowest BCUT2D eigenvalue weighted by atomic mass is 9.80. The average Bonchev–Trinajstić information content (AvgIpc) is 3.11. The first kappa shape index (κ1) is 36.4. The smallest absolute Gasteiger partial charge is 0.335 e. The number of carboxylic acids is 1. The lowest BCUT2D eigenvalue weighted by Crippen LogP contribution is -2.52. The molecule has 3 fully saturated rings. The topological polar surface area (TPSA) is 124 Å². The number of aromatic carboxylic acids is 1. The number of carboxylic acid groups (broad SMARTS) is 1. The molecule has 10 nitrogen and oxygen atoms in total. The molecule has 51 heavy (non-hydrogen) atoms. The number of nitrogens with zero attached hydrogens (tertiary/aromatic N) is 2. The minimum absolute atomic E-state index is 0.00750. The van der Waals surface area contributed by atoms with E-state index >= 15 is 0 Å². The van der Waals surface area contributed by atoms with E-state index in [9.17, 15) is 24.3 Å². The van der Waals surface area contributed by atoms with Gasteiger partial charge < -0.3 is 24.5 Å². The van der Waals surface area contributed by atoms with E-state index in [0.717, 1.165) is 25.9 Å². The molecule has 1 unspecified atom stereocenters. The molecule has 0 radical (unpaired) electrons. The molecule has 3 aliphatic heterocycles. The number of nitrogens with one attached hydrogen (secondary N) is 1. The summed E-state index contributed by atoms with van der Waals surface area (Å²) in [7, 11) is 3.01. The van der Waals surface area contributed by atoms with E-state index < -0.39 is 29.7 Å². The number of piperidine rings is 3. The second-order valence-corrected chi connectivity index (χ2v) is 13.6. The van der Waals surface area contributed by atoms with E-state index in [1.807, 2.05) is 0 Å². The second kappa shape index (κ2) is 15.9. The van der Waals surface area contributed by atoms with Gasteiger partial charge in [0.15, 0.2) is 23.9 Å². The predicted molar refractivity (Wildman–Crippen MR) is 189 cm³/mol. The largest absolute Gasteiger partial charge is 0.619 e. The van der Waals surface area contributed by atoms with Gasteiger partial charge in [0.1, 0.15) is 28.0 Å². The highest BCUT2D eigenvalue weighted by Crippen LogP contribution is 2.40. The minimum Gasteiger partial charge on any atom is -0.619 e. The summed E-state index contributed by atoms with van der Waals surface area (Å²) in [6.07, 6.45) is 4.09. The molecular weight excluding hydrogens is 700 g/mol. The molecule has 3 saturated heterocycles. The number of carbonyl (C=O) groups is 2. The average molecular weight is 739 g/mol. The van der Waals surface area contributed by atoms with E-state index in [-0.39, 0.29) is 40.6 Å². The Bertz CT molecular complexity index is 1900. The van der Waals surface area contributed by atoms with Crippen molar-refractivity contribution < 1.29 is 38.0 Å². The molecule has 2 N–H and O–H groups in total. The summed E-state index contributed by atoms with van der Waals surface area (Å²) >= 11 is 13.1. The van der Waals surface area contributed by atoms with Crippen molar-refractivity contribution in [3.05, 3.63) is 128 Å². The van der Waals surface area contributed by atoms with Crippen LogP contribution in [0, 0.1) is 16.9 Å². The number of fused-ring (bicyclic) bond motifs is 3. The third-order valence-electron chi connectivity index (χ3n) is 9.83. The van der Waals surface area contributed by atoms with Gasteiger partial charge in [0.05, 0.1) is 19.8 Å². The number of hydrogen-bond donors (Lipinski definition) is 2. The summed E-state index contributed by atoms with van der Waals surface area (Å²) in [4.78, 5) is 29.1. The number of hydrogen-bond acceptors (Lipinski definition) is 8. The lowest BCUT2D eigenvalue weighted by Gasteiger charge is -2.44. The summed E-state index contributed by atoms with van der Waals surface area (Å²) in [5.74, 6) is -1.77. The van der Waals surface area contributed by atoms with Crippen molar-refractivity contribution in [1.29, 1.82) is 0 Å². The van der Waals surface area contributed by atoms with E-state index in [4.69, 9.17) is 37.4 Å². The molecule has 4 aromatic rings. The predicted octanol–water partition coefficient (Wildman–Crippen LogP) is 6.32. The number of aromatic nitrogens is 1. The number of benzene rings is 3. The number of ether oxygens (including phenoxy) is 3. The summed E-state index contributed by atoms with van der Waals surface area (Å²) in [5.41, 5.74) is 2.43. The zero-order valence-corrected chi connectivity index (χ0v) is 29.6. The minimum atomic E-state index is -1.18. The van der Waals surface area contributed by atoms with Crippen LogP contribution < -0.4 is 19.5 Å². The zero-order chi connectivity index (χ0) is 36.2. The highest BCUT2D eigenvalue weighted by atomic mass is 35.5. The fraction of sp³-hybridized carbons (Fsp3) is 0.342. The second-order valence-electron chi connectivity index (χ2n) is 12.8. The molecule has 3 atom stereocenters. The Morgan fingerprint density at radius 2 is 1.71 bits per heavy atom. The van der Waals surface area contributed by atoms with Gasteiger partial charge in [0, 0.05) is 24.6 Å². The zero-order valence-electron chi connectivity index (χ0n) is 28.1. The molecule has 3 aromatic carbocycles. The van der Waals surface area contributed by atoms with Crippen LogP contribution in [0.5, 0.6) is 11.5 Å². The molecule has 7 rings (SSSR count). The number of pyridine rings is 1. The molecule has 3 aliphatic rings. The highest BCUT2D eigenvalue weighted by Gasteiger charge is 2.38. The Balaban J connectivity index is 1.41. The molecule has 0 aliphatic carbocycles. The van der Waals surface area contributed by atoms with Crippen molar-refractivity contribution >= 4 is 35.1 Å². The van der Waals surface area contributed by atoms with E-state index in [2.05, 4.69) is 10.2 Å². The van der Waals surface area contributed by atoms with Crippen LogP contribution in [0.25, 0.3) is 0 Å². The summed E-state index contributed by atoms with van der Waals surface area (Å²) in [5, 5.41) is 26.1. The van der Waals surface area contributed by atoms with Gasteiger partial charge in [-0.3, -0.25) is 10.2 Å². The van der Waals surface area contributed by atoms with Crippen molar-refractivity contribution in [2.45, 2.75) is 43.9 Å². The Morgan fingerprint density at radius 3 is 2.33 bits per heavy atom. The Morgan fingerprint density at radius 1 is 1.00 bits per heavy atom. The third kappa shape index (κ3) is 8.07. The van der Waals surface area contributed by atoms with Crippen LogP contribution in [-0.4, -0.2) is 61.9 Å². The van der Waals surface area contributed by atoms with E-state index in [1.54, 1.807) is 36.4 Å². The monoisotopic (exact) mass is 737 g/mol. The van der Waals surface area contributed by atoms with Gasteiger partial charge in [-0.1, -0.05) is 53.5 Å². The highest BCUT2D eigenvalue weighted by molar-refractivity contribution is 6.35. The Labute approximate surface area is 305 Å². The number of rotatable bonds is 13. The van der Waals surface area contributed by atoms with Crippen molar-refractivity contribution in [3.8, 4) is 11.5 Å². The molecule has 13 heteroatoms. The molecule has 0 amide bonds. The number of esters is 1. The van der Waals surface area contributed by atoms with Gasteiger partial charge in [-0.15, -0.1) is 0 Å². The van der Waals surface area contributed by atoms with Gasteiger partial charge in [0.25, 0.3) is 0 Å². The lowest BCUT2D eigenvalue weighted by molar-refractivity contribution is -0.605. The van der Waals surface area contributed by atoms with Crippen LogP contribution in [0.15, 0.2) is 73.1 Å². The fourth-order valence-electron chi connectivity index (χ4n) is 7.25. The Hall–Kier alpha value is -4.42. The first-order chi connectivity index (χ1) is 24.6. The molecule has 0 saturated carbocycles. The SMILES string of the molecule is COc1ccc([C@H](Cc2c(Cl)c[n+]([O-])cc2Cl)c2c(CNC(C(=O)O[C@H]3CN4CCC3CC4)c3cccc(F)c3)cccc2C(=O)O)cc1OC. The van der Waals surface area contributed by atoms with Crippen LogP contribution >= 0.6 is 23.2 Å². The molecular formula is C38H38Cl2FN3O7. The van der Waals surface area contributed by atoms with Gasteiger partial charge in [-0.05, 0) is 90.9 Å². The summed E-state index contributed by atoms with van der Waals surface area (Å²) in [6.45, 7) is 2.61. The third-order valence-corrected chi connectivity index (χ3v) is 10.5. The molecule has 0 spiro atoms. The van der Waals surface area contributed by atoms with Gasteiger partial charge in [-0.2, -0.15) is 4.73 Å². The quantitative estimate of drug-likeness (QED) is 0.0921. The van der Waals surface area contributed by atoms with E-state index in [0.29, 0.717) is 50.6 Å². The van der Waals surface area contributed by atoms with Crippen LogP contribution in [0.4, 0.5) is 4.39 Å². The van der Waals surface area contributed by atoms with Gasteiger partial charge in [0.2, 0.25) is 0 Å². The van der Waals surface area contributed by atoms with Crippen molar-refractivity contribution in [1.82, 2.24) is 10.2 Å². The van der Waals surface area contributed by atoms with Crippen molar-refractivity contribution in [2.75, 3.05) is 33.9 Å². The normalized spacial score (nSPS) is 19.3. The van der Waals surface area contributed by atoms with Gasteiger partial charge >= 0.3 is 11.9 Å². The standard InChI is InChI=1S/C38H38Cl2FN3O7/c1-49-32-10-9-23(16-33(32)50-2)28(17-29-30(39)19-44(48)20-31(29)40)35-25(6-4-8-27(35)37(45)46)18-42-36(24-5-3-7-26(41)15-24)38(47)51-34-21-43-13-11-22(34)12-14-43/h3-10,15-16,19-20,22,28,34,36,42H,11-14,17-18,21H2,1-2H3,(H,45,46)/t28-,34-,36?/m0/s1. The molecule has 1 aromatic heterocycles. The number of halogens is 3. The van der Waals surface area contributed by atoms with Gasteiger partial charge in [-0.25, -0.2) is 14.0 Å². The number of carbonyl (C=O) groups excluding carboxylic acids is 1. The summed E-state index contributed by atoms with van der Waals surface area (Å²) in [6, 6.07) is 14.9. The Kier molecular flexibility index (Phi) is 11.3. The van der Waals surface area contributed by atoms with E-state index in [1.165, 1.54) is 50.9 Å². The van der Waals surface area contributed by atoms with Crippen LogP contribution in [0.2, 0.25) is 10.0 Å². The maximum Gasteiger partial charge on any atom is 0.335 e. The fourth-order valence-corrected chi connectivity index (χ4v) is 7.85.